The van der Waals surface area contributed by atoms with Gasteiger partial charge in [-0.2, -0.15) is 0 Å². The van der Waals surface area contributed by atoms with Crippen molar-refractivity contribution in [3.8, 4) is 0 Å². The summed E-state index contributed by atoms with van der Waals surface area (Å²) in [5, 5.41) is 12.0. The number of anilines is 1. The fourth-order valence-electron chi connectivity index (χ4n) is 0.733. The molecule has 0 fully saturated rings. The van der Waals surface area contributed by atoms with Gasteiger partial charge in [0.2, 0.25) is 0 Å². The second-order valence-electron chi connectivity index (χ2n) is 2.59. The quantitative estimate of drug-likeness (QED) is 0.831. The monoisotopic (exact) mass is 230 g/mol. The number of aliphatic hydroxyl groups excluding tert-OH is 1. The minimum Gasteiger partial charge on any atom is -0.392 e. The van der Waals surface area contributed by atoms with Gasteiger partial charge in [0.05, 0.1) is 6.10 Å². The number of nitrogens with one attached hydrogen (secondary N) is 1. The third-order valence-corrected chi connectivity index (χ3v) is 1.78. The highest BCUT2D eigenvalue weighted by Crippen LogP contribution is 2.09. The molecule has 0 aliphatic rings. The van der Waals surface area contributed by atoms with Crippen LogP contribution in [0, 0.1) is 0 Å². The smallest absolute Gasteiger partial charge is 0.126 e. The molecule has 0 saturated carbocycles. The Balaban J connectivity index is 2.48. The van der Waals surface area contributed by atoms with Crippen LogP contribution in [0.15, 0.2) is 22.8 Å². The van der Waals surface area contributed by atoms with Crippen LogP contribution >= 0.6 is 15.9 Å². The average molecular weight is 231 g/mol. The molecule has 0 spiro atoms. The van der Waals surface area contributed by atoms with Gasteiger partial charge in [-0.15, -0.1) is 0 Å². The van der Waals surface area contributed by atoms with Gasteiger partial charge in [0.1, 0.15) is 5.82 Å². The van der Waals surface area contributed by atoms with Crippen molar-refractivity contribution in [2.75, 3.05) is 11.9 Å². The Labute approximate surface area is 80.0 Å². The van der Waals surface area contributed by atoms with E-state index < -0.39 is 0 Å². The van der Waals surface area contributed by atoms with E-state index in [9.17, 15) is 0 Å². The third-order valence-electron chi connectivity index (χ3n) is 1.31. The summed E-state index contributed by atoms with van der Waals surface area (Å²) in [6.07, 6.45) is 1.36. The first-order valence-corrected chi connectivity index (χ1v) is 4.51. The van der Waals surface area contributed by atoms with Crippen LogP contribution in [0.3, 0.4) is 0 Å². The second-order valence-corrected chi connectivity index (χ2v) is 3.51. The Morgan fingerprint density at radius 2 is 2.42 bits per heavy atom. The van der Waals surface area contributed by atoms with Gasteiger partial charge in [0, 0.05) is 17.2 Å². The Morgan fingerprint density at radius 3 is 2.92 bits per heavy atom. The van der Waals surface area contributed by atoms with Crippen LogP contribution in [0.5, 0.6) is 0 Å². The lowest BCUT2D eigenvalue weighted by Gasteiger charge is -2.06. The lowest BCUT2D eigenvalue weighted by atomic mass is 10.4. The molecule has 1 rings (SSSR count). The summed E-state index contributed by atoms with van der Waals surface area (Å²) < 4.78 is 0.949. The summed E-state index contributed by atoms with van der Waals surface area (Å²) in [4.78, 5) is 4.08. The number of pyridine rings is 1. The first-order valence-electron chi connectivity index (χ1n) is 3.72. The molecule has 1 unspecified atom stereocenters. The van der Waals surface area contributed by atoms with Gasteiger partial charge in [0.25, 0.3) is 0 Å². The van der Waals surface area contributed by atoms with Gasteiger partial charge >= 0.3 is 0 Å². The summed E-state index contributed by atoms with van der Waals surface area (Å²) in [5.74, 6) is 0.777. The van der Waals surface area contributed by atoms with E-state index in [0.717, 1.165) is 10.3 Å². The predicted octanol–water partition coefficient (Wildman–Crippen LogP) is 1.64. The van der Waals surface area contributed by atoms with Gasteiger partial charge < -0.3 is 10.4 Å². The van der Waals surface area contributed by atoms with Crippen molar-refractivity contribution in [1.29, 1.82) is 0 Å². The van der Waals surface area contributed by atoms with Crippen molar-refractivity contribution < 1.29 is 5.11 Å². The highest BCUT2D eigenvalue weighted by atomic mass is 79.9. The van der Waals surface area contributed by atoms with E-state index >= 15 is 0 Å². The standard InChI is InChI=1S/C8H11BrN2O/c1-6(12)4-10-8-3-2-7(9)5-11-8/h2-3,5-6,12H,4H2,1H3,(H,10,11). The normalized spacial score (nSPS) is 12.6. The van der Waals surface area contributed by atoms with Crippen LogP contribution in [-0.4, -0.2) is 22.7 Å². The molecule has 1 heterocycles. The summed E-state index contributed by atoms with van der Waals surface area (Å²) in [7, 11) is 0. The zero-order valence-corrected chi connectivity index (χ0v) is 8.37. The molecule has 0 aromatic carbocycles. The zero-order chi connectivity index (χ0) is 8.97. The molecule has 0 aliphatic carbocycles. The number of nitrogens with zero attached hydrogens (tertiary/aromatic N) is 1. The number of hydrogen-bond acceptors (Lipinski definition) is 3. The molecular weight excluding hydrogens is 220 g/mol. The van der Waals surface area contributed by atoms with E-state index in [2.05, 4.69) is 26.2 Å². The first-order chi connectivity index (χ1) is 5.68. The van der Waals surface area contributed by atoms with Crippen LogP contribution in [-0.2, 0) is 0 Å². The second kappa shape index (κ2) is 4.42. The van der Waals surface area contributed by atoms with Crippen LogP contribution < -0.4 is 5.32 Å². The highest BCUT2D eigenvalue weighted by molar-refractivity contribution is 9.10. The fourth-order valence-corrected chi connectivity index (χ4v) is 0.967. The molecule has 3 nitrogen and oxygen atoms in total. The lowest BCUT2D eigenvalue weighted by Crippen LogP contribution is -2.15. The Hall–Kier alpha value is -0.610. The van der Waals surface area contributed by atoms with Crippen LogP contribution in [0.4, 0.5) is 5.82 Å². The molecule has 66 valence electrons. The van der Waals surface area contributed by atoms with Crippen molar-refractivity contribution in [1.82, 2.24) is 4.98 Å². The van der Waals surface area contributed by atoms with Crippen LogP contribution in [0.25, 0.3) is 0 Å². The van der Waals surface area contributed by atoms with Gasteiger partial charge in [0.15, 0.2) is 0 Å². The van der Waals surface area contributed by atoms with Gasteiger partial charge in [-0.25, -0.2) is 4.98 Å². The molecule has 1 atom stereocenters. The van der Waals surface area contributed by atoms with Crippen LogP contribution in [0.2, 0.25) is 0 Å². The minimum atomic E-state index is -0.351. The Morgan fingerprint density at radius 1 is 1.67 bits per heavy atom. The van der Waals surface area contributed by atoms with E-state index in [1.807, 2.05) is 12.1 Å². The molecule has 0 bridgehead atoms. The number of hydrogen-bond donors (Lipinski definition) is 2. The maximum atomic E-state index is 8.97. The third kappa shape index (κ3) is 3.19. The Bertz CT molecular complexity index is 235. The summed E-state index contributed by atoms with van der Waals surface area (Å²) in [6.45, 7) is 2.25. The van der Waals surface area contributed by atoms with Crippen molar-refractivity contribution in [2.45, 2.75) is 13.0 Å². The summed E-state index contributed by atoms with van der Waals surface area (Å²) in [6, 6.07) is 3.75. The van der Waals surface area contributed by atoms with Crippen molar-refractivity contribution in [3.63, 3.8) is 0 Å². The van der Waals surface area contributed by atoms with Crippen molar-refractivity contribution >= 4 is 21.7 Å². The molecule has 4 heteroatoms. The van der Waals surface area contributed by atoms with E-state index in [4.69, 9.17) is 5.11 Å². The number of aromatic nitrogens is 1. The Kier molecular flexibility index (Phi) is 3.49. The molecular formula is C8H11BrN2O. The highest BCUT2D eigenvalue weighted by Gasteiger charge is 1.96. The van der Waals surface area contributed by atoms with Gasteiger partial charge in [-0.1, -0.05) is 0 Å². The van der Waals surface area contributed by atoms with Crippen LogP contribution in [0.1, 0.15) is 6.92 Å². The fraction of sp³-hybridized carbons (Fsp3) is 0.375. The first kappa shape index (κ1) is 9.48. The van der Waals surface area contributed by atoms with Gasteiger partial charge in [-0.3, -0.25) is 0 Å². The van der Waals surface area contributed by atoms with Crippen molar-refractivity contribution in [3.05, 3.63) is 22.8 Å². The molecule has 12 heavy (non-hydrogen) atoms. The topological polar surface area (TPSA) is 45.1 Å². The SMILES string of the molecule is CC(O)CNc1ccc(Br)cn1. The number of rotatable bonds is 3. The number of halogens is 1. The van der Waals surface area contributed by atoms with E-state index in [0.29, 0.717) is 6.54 Å². The maximum Gasteiger partial charge on any atom is 0.126 e. The molecule has 1 aromatic heterocycles. The molecule has 0 amide bonds. The predicted molar refractivity (Wildman–Crippen MR) is 52.1 cm³/mol. The zero-order valence-electron chi connectivity index (χ0n) is 6.79. The largest absolute Gasteiger partial charge is 0.392 e. The molecule has 0 saturated heterocycles. The minimum absolute atomic E-state index is 0.351. The van der Waals surface area contributed by atoms with Gasteiger partial charge in [-0.05, 0) is 35.0 Å². The number of aliphatic hydroxyl groups is 1. The van der Waals surface area contributed by atoms with E-state index in [-0.39, 0.29) is 6.10 Å². The lowest BCUT2D eigenvalue weighted by molar-refractivity contribution is 0.208. The molecule has 2 N–H and O–H groups in total. The summed E-state index contributed by atoms with van der Waals surface area (Å²) in [5.41, 5.74) is 0. The molecule has 1 aromatic rings. The van der Waals surface area contributed by atoms with E-state index in [1.165, 1.54) is 0 Å². The maximum absolute atomic E-state index is 8.97. The van der Waals surface area contributed by atoms with Crippen molar-refractivity contribution in [2.24, 2.45) is 0 Å². The molecule has 0 radical (unpaired) electrons. The average Bonchev–Trinajstić information content (AvgIpc) is 2.03. The molecule has 0 aliphatic heterocycles. The summed E-state index contributed by atoms with van der Waals surface area (Å²) >= 11 is 3.29. The van der Waals surface area contributed by atoms with E-state index in [1.54, 1.807) is 13.1 Å².